The van der Waals surface area contributed by atoms with Gasteiger partial charge in [0.2, 0.25) is 0 Å². The van der Waals surface area contributed by atoms with Gasteiger partial charge in [-0.2, -0.15) is 0 Å². The maximum atomic E-state index is 12.0. The third-order valence-corrected chi connectivity index (χ3v) is 3.46. The Bertz CT molecular complexity index is 647. The Balaban J connectivity index is 2.32. The van der Waals surface area contributed by atoms with Crippen LogP contribution in [0.4, 0.5) is 17.2 Å². The van der Waals surface area contributed by atoms with Gasteiger partial charge in [0.25, 0.3) is 0 Å². The SMILES string of the molecule is CCOC(=O)c1cc(N)cnc1Nc1cccc(SC)c1. The monoisotopic (exact) mass is 303 g/mol. The number of hydrogen-bond acceptors (Lipinski definition) is 6. The van der Waals surface area contributed by atoms with E-state index in [0.717, 1.165) is 10.6 Å². The highest BCUT2D eigenvalue weighted by Gasteiger charge is 2.14. The van der Waals surface area contributed by atoms with E-state index in [4.69, 9.17) is 10.5 Å². The summed E-state index contributed by atoms with van der Waals surface area (Å²) in [5, 5.41) is 3.13. The molecule has 2 aromatic rings. The molecule has 1 aromatic heterocycles. The number of nitrogens with two attached hydrogens (primary N) is 1. The molecule has 0 saturated carbocycles. The predicted molar refractivity (Wildman–Crippen MR) is 86.1 cm³/mol. The van der Waals surface area contributed by atoms with E-state index in [-0.39, 0.29) is 0 Å². The quantitative estimate of drug-likeness (QED) is 0.652. The van der Waals surface area contributed by atoms with Crippen molar-refractivity contribution in [2.24, 2.45) is 0 Å². The Labute approximate surface area is 127 Å². The van der Waals surface area contributed by atoms with Crippen molar-refractivity contribution >= 4 is 34.9 Å². The van der Waals surface area contributed by atoms with E-state index in [9.17, 15) is 4.79 Å². The van der Waals surface area contributed by atoms with Crippen LogP contribution in [0, 0.1) is 0 Å². The Morgan fingerprint density at radius 1 is 1.43 bits per heavy atom. The first-order valence-corrected chi connectivity index (χ1v) is 7.70. The van der Waals surface area contributed by atoms with Gasteiger partial charge in [-0.25, -0.2) is 9.78 Å². The summed E-state index contributed by atoms with van der Waals surface area (Å²) in [4.78, 5) is 17.3. The molecule has 21 heavy (non-hydrogen) atoms. The number of rotatable bonds is 5. The van der Waals surface area contributed by atoms with E-state index in [1.807, 2.05) is 30.5 Å². The number of carbonyl (C=O) groups excluding carboxylic acids is 1. The van der Waals surface area contributed by atoms with Gasteiger partial charge in [-0.05, 0) is 37.4 Å². The molecule has 0 saturated heterocycles. The average Bonchev–Trinajstić information content (AvgIpc) is 2.49. The summed E-state index contributed by atoms with van der Waals surface area (Å²) in [6.45, 7) is 2.06. The summed E-state index contributed by atoms with van der Waals surface area (Å²) in [7, 11) is 0. The van der Waals surface area contributed by atoms with Crippen LogP contribution < -0.4 is 11.1 Å². The third-order valence-electron chi connectivity index (χ3n) is 2.74. The topological polar surface area (TPSA) is 77.2 Å². The largest absolute Gasteiger partial charge is 0.462 e. The van der Waals surface area contributed by atoms with Crippen LogP contribution in [0.25, 0.3) is 0 Å². The minimum atomic E-state index is -0.444. The number of hydrogen-bond donors (Lipinski definition) is 2. The minimum Gasteiger partial charge on any atom is -0.462 e. The maximum Gasteiger partial charge on any atom is 0.341 e. The smallest absolute Gasteiger partial charge is 0.341 e. The molecule has 0 aliphatic heterocycles. The molecular formula is C15H17N3O2S. The third kappa shape index (κ3) is 3.88. The summed E-state index contributed by atoms with van der Waals surface area (Å²) in [6.07, 6.45) is 3.51. The number of nitrogen functional groups attached to an aromatic ring is 1. The lowest BCUT2D eigenvalue weighted by atomic mass is 10.2. The fourth-order valence-corrected chi connectivity index (χ4v) is 2.24. The molecule has 5 nitrogen and oxygen atoms in total. The van der Waals surface area contributed by atoms with Crippen molar-refractivity contribution in [3.63, 3.8) is 0 Å². The minimum absolute atomic E-state index is 0.301. The fourth-order valence-electron chi connectivity index (χ4n) is 1.78. The standard InChI is InChI=1S/C15H17N3O2S/c1-3-20-15(19)13-7-10(16)9-17-14(13)18-11-5-4-6-12(8-11)21-2/h4-9H,3,16H2,1-2H3,(H,17,18). The predicted octanol–water partition coefficient (Wildman–Crippen LogP) is 3.31. The first-order valence-electron chi connectivity index (χ1n) is 6.47. The number of nitrogens with zero attached hydrogens (tertiary/aromatic N) is 1. The van der Waals surface area contributed by atoms with E-state index in [1.165, 1.54) is 6.20 Å². The lowest BCUT2D eigenvalue weighted by Gasteiger charge is -2.11. The highest BCUT2D eigenvalue weighted by molar-refractivity contribution is 7.98. The second-order valence-electron chi connectivity index (χ2n) is 4.24. The number of benzene rings is 1. The molecule has 1 aromatic carbocycles. The number of esters is 1. The van der Waals surface area contributed by atoms with E-state index in [0.29, 0.717) is 23.7 Å². The zero-order valence-electron chi connectivity index (χ0n) is 11.9. The van der Waals surface area contributed by atoms with Gasteiger partial charge >= 0.3 is 5.97 Å². The van der Waals surface area contributed by atoms with Gasteiger partial charge < -0.3 is 15.8 Å². The van der Waals surface area contributed by atoms with Crippen LogP contribution in [-0.4, -0.2) is 23.8 Å². The number of ether oxygens (including phenoxy) is 1. The molecule has 0 amide bonds. The highest BCUT2D eigenvalue weighted by Crippen LogP contribution is 2.24. The molecule has 6 heteroatoms. The number of pyridine rings is 1. The fraction of sp³-hybridized carbons (Fsp3) is 0.200. The Morgan fingerprint density at radius 2 is 2.24 bits per heavy atom. The molecule has 0 aliphatic carbocycles. The molecule has 0 bridgehead atoms. The zero-order valence-corrected chi connectivity index (χ0v) is 12.7. The number of aromatic nitrogens is 1. The molecule has 1 heterocycles. The number of anilines is 3. The van der Waals surface area contributed by atoms with Crippen molar-refractivity contribution in [3.05, 3.63) is 42.1 Å². The summed E-state index contributed by atoms with van der Waals surface area (Å²) in [6, 6.07) is 9.41. The van der Waals surface area contributed by atoms with E-state index >= 15 is 0 Å². The van der Waals surface area contributed by atoms with Crippen molar-refractivity contribution in [1.29, 1.82) is 0 Å². The second-order valence-corrected chi connectivity index (χ2v) is 5.12. The molecule has 0 aliphatic rings. The molecule has 0 fully saturated rings. The van der Waals surface area contributed by atoms with E-state index in [2.05, 4.69) is 10.3 Å². The van der Waals surface area contributed by atoms with Gasteiger partial charge in [0, 0.05) is 10.6 Å². The van der Waals surface area contributed by atoms with Crippen molar-refractivity contribution in [2.45, 2.75) is 11.8 Å². The van der Waals surface area contributed by atoms with Crippen LogP contribution in [0.3, 0.4) is 0 Å². The summed E-state index contributed by atoms with van der Waals surface area (Å²) >= 11 is 1.64. The van der Waals surface area contributed by atoms with Crippen LogP contribution in [-0.2, 0) is 4.74 Å². The Hall–Kier alpha value is -2.21. The highest BCUT2D eigenvalue weighted by atomic mass is 32.2. The van der Waals surface area contributed by atoms with Gasteiger partial charge in [-0.15, -0.1) is 11.8 Å². The molecule has 3 N–H and O–H groups in total. The summed E-state index contributed by atoms with van der Waals surface area (Å²) < 4.78 is 5.03. The Kier molecular flexibility index (Phi) is 5.05. The molecule has 0 unspecified atom stereocenters. The summed E-state index contributed by atoms with van der Waals surface area (Å²) in [5.41, 5.74) is 7.29. The lowest BCUT2D eigenvalue weighted by molar-refractivity contribution is 0.0527. The summed E-state index contributed by atoms with van der Waals surface area (Å²) in [5.74, 6) is -0.0123. The first kappa shape index (κ1) is 15.2. The average molecular weight is 303 g/mol. The van der Waals surface area contributed by atoms with Gasteiger partial charge in [0.15, 0.2) is 0 Å². The lowest BCUT2D eigenvalue weighted by Crippen LogP contribution is -2.10. The molecule has 110 valence electrons. The van der Waals surface area contributed by atoms with Gasteiger partial charge in [0.1, 0.15) is 11.4 Å². The van der Waals surface area contributed by atoms with Crippen LogP contribution in [0.1, 0.15) is 17.3 Å². The molecule has 0 spiro atoms. The normalized spacial score (nSPS) is 10.2. The van der Waals surface area contributed by atoms with Gasteiger partial charge in [0.05, 0.1) is 18.5 Å². The molecular weight excluding hydrogens is 286 g/mol. The Morgan fingerprint density at radius 3 is 2.95 bits per heavy atom. The van der Waals surface area contributed by atoms with Crippen molar-refractivity contribution in [1.82, 2.24) is 4.98 Å². The number of carbonyl (C=O) groups is 1. The first-order chi connectivity index (χ1) is 10.1. The van der Waals surface area contributed by atoms with E-state index in [1.54, 1.807) is 24.8 Å². The van der Waals surface area contributed by atoms with Crippen LogP contribution in [0.2, 0.25) is 0 Å². The zero-order chi connectivity index (χ0) is 15.2. The maximum absolute atomic E-state index is 12.0. The van der Waals surface area contributed by atoms with Crippen molar-refractivity contribution in [2.75, 3.05) is 23.9 Å². The van der Waals surface area contributed by atoms with E-state index < -0.39 is 5.97 Å². The number of nitrogens with one attached hydrogen (secondary N) is 1. The van der Waals surface area contributed by atoms with Gasteiger partial charge in [-0.3, -0.25) is 0 Å². The second kappa shape index (κ2) is 6.99. The molecule has 0 radical (unpaired) electrons. The van der Waals surface area contributed by atoms with Gasteiger partial charge in [-0.1, -0.05) is 6.07 Å². The van der Waals surface area contributed by atoms with Crippen LogP contribution in [0.15, 0.2) is 41.4 Å². The van der Waals surface area contributed by atoms with Crippen LogP contribution in [0.5, 0.6) is 0 Å². The molecule has 2 rings (SSSR count). The van der Waals surface area contributed by atoms with Crippen molar-refractivity contribution < 1.29 is 9.53 Å². The molecule has 0 atom stereocenters. The number of thioether (sulfide) groups is 1. The van der Waals surface area contributed by atoms with Crippen molar-refractivity contribution in [3.8, 4) is 0 Å². The van der Waals surface area contributed by atoms with Crippen LogP contribution >= 0.6 is 11.8 Å².